The number of hydrogen-bond donors (Lipinski definition) is 2. The molecule has 3 saturated heterocycles. The number of pyridine rings is 1. The number of piperidine rings is 1. The number of nitrogens with one attached hydrogen (secondary N) is 2. The van der Waals surface area contributed by atoms with Crippen LogP contribution in [0.15, 0.2) is 47.5 Å². The van der Waals surface area contributed by atoms with Crippen LogP contribution >= 0.6 is 0 Å². The fourth-order valence-electron chi connectivity index (χ4n) is 4.52. The van der Waals surface area contributed by atoms with Crippen LogP contribution in [0.3, 0.4) is 0 Å². The maximum absolute atomic E-state index is 13.1. The Balaban J connectivity index is 1.39. The first-order valence-electron chi connectivity index (χ1n) is 9.90. The third kappa shape index (κ3) is 2.85. The quantitative estimate of drug-likeness (QED) is 0.732. The number of carbonyl (C=O) groups is 1. The number of amides is 1. The predicted molar refractivity (Wildman–Crippen MR) is 109 cm³/mol. The minimum Gasteiger partial charge on any atom is -0.361 e. The second-order valence-corrected chi connectivity index (χ2v) is 7.99. The highest BCUT2D eigenvalue weighted by Gasteiger charge is 2.39. The first kappa shape index (κ1) is 17.3. The molecule has 0 radical (unpaired) electrons. The second-order valence-electron chi connectivity index (χ2n) is 7.99. The number of rotatable bonds is 4. The molecule has 1 amide bonds. The number of carbonyl (C=O) groups excluding carboxylic acids is 1. The van der Waals surface area contributed by atoms with Gasteiger partial charge in [0.05, 0.1) is 0 Å². The van der Waals surface area contributed by atoms with Gasteiger partial charge in [0.15, 0.2) is 0 Å². The smallest absolute Gasteiger partial charge is 0.263 e. The summed E-state index contributed by atoms with van der Waals surface area (Å²) in [6.07, 6.45) is 5.67. The highest BCUT2D eigenvalue weighted by atomic mass is 16.2. The molecule has 3 aliphatic heterocycles. The molecular formula is C22H24N4O2. The average Bonchev–Trinajstić information content (AvgIpc) is 3.10. The Labute approximate surface area is 163 Å². The molecule has 2 bridgehead atoms. The molecule has 6 rings (SSSR count). The molecule has 28 heavy (non-hydrogen) atoms. The van der Waals surface area contributed by atoms with Crippen LogP contribution in [0.25, 0.3) is 10.9 Å². The lowest BCUT2D eigenvalue weighted by Gasteiger charge is -2.48. The number of H-pyrrole nitrogens is 1. The summed E-state index contributed by atoms with van der Waals surface area (Å²) in [7, 11) is 0. The fourth-order valence-corrected chi connectivity index (χ4v) is 4.52. The van der Waals surface area contributed by atoms with Crippen molar-refractivity contribution < 1.29 is 4.79 Å². The van der Waals surface area contributed by atoms with Crippen LogP contribution in [-0.4, -0.2) is 45.5 Å². The number of piperazine rings is 1. The molecule has 2 N–H and O–H groups in total. The van der Waals surface area contributed by atoms with E-state index in [-0.39, 0.29) is 11.5 Å². The van der Waals surface area contributed by atoms with Gasteiger partial charge in [0, 0.05) is 55.0 Å². The Morgan fingerprint density at radius 2 is 1.93 bits per heavy atom. The van der Waals surface area contributed by atoms with E-state index in [1.54, 1.807) is 10.8 Å². The fraction of sp³-hybridized carbons (Fsp3) is 0.364. The van der Waals surface area contributed by atoms with Gasteiger partial charge in [0.2, 0.25) is 0 Å². The van der Waals surface area contributed by atoms with E-state index in [1.807, 2.05) is 42.3 Å². The zero-order valence-corrected chi connectivity index (χ0v) is 15.9. The van der Waals surface area contributed by atoms with Gasteiger partial charge >= 0.3 is 0 Å². The lowest BCUT2D eigenvalue weighted by atomic mass is 9.91. The number of hydrogen-bond acceptors (Lipinski definition) is 3. The first-order chi connectivity index (χ1) is 13.6. The number of fused-ring (bicyclic) bond motifs is 3. The van der Waals surface area contributed by atoms with Crippen molar-refractivity contribution in [3.05, 3.63) is 69.8 Å². The maximum Gasteiger partial charge on any atom is 0.263 e. The number of aromatic nitrogens is 2. The van der Waals surface area contributed by atoms with E-state index in [2.05, 4.69) is 16.4 Å². The number of benzene rings is 1. The van der Waals surface area contributed by atoms with Crippen molar-refractivity contribution in [2.75, 3.05) is 13.1 Å². The molecule has 6 heteroatoms. The zero-order chi connectivity index (χ0) is 19.3. The molecule has 2 atom stereocenters. The third-order valence-electron chi connectivity index (χ3n) is 6.09. The van der Waals surface area contributed by atoms with Gasteiger partial charge in [-0.2, -0.15) is 0 Å². The molecule has 0 saturated carbocycles. The molecule has 0 spiro atoms. The standard InChI is InChI=1S/C22H24N4O2/c1-14-6-8-25(9-7-15-11-23-19-5-3-2-4-18(15)19)21(27)20(14)22(28)26-12-16-10-17(13-26)24-16/h2-6,8,11,16-17,23-24H,7,9-10,12-13H2,1H3. The van der Waals surface area contributed by atoms with Crippen molar-refractivity contribution in [3.63, 3.8) is 0 Å². The zero-order valence-electron chi connectivity index (χ0n) is 15.9. The SMILES string of the molecule is Cc1ccn(CCc2c[nH]c3ccccc23)c(=O)c1C(=O)N1CC2CC(C1)N2. The van der Waals surface area contributed by atoms with Crippen LogP contribution in [0.1, 0.15) is 27.9 Å². The van der Waals surface area contributed by atoms with Crippen molar-refractivity contribution in [2.45, 2.75) is 38.4 Å². The van der Waals surface area contributed by atoms with Gasteiger partial charge in [-0.15, -0.1) is 0 Å². The van der Waals surface area contributed by atoms with Crippen LogP contribution in [0, 0.1) is 6.92 Å². The summed E-state index contributed by atoms with van der Waals surface area (Å²) >= 11 is 0. The second kappa shape index (κ2) is 6.63. The highest BCUT2D eigenvalue weighted by Crippen LogP contribution is 2.22. The van der Waals surface area contributed by atoms with Gasteiger partial charge in [0.1, 0.15) is 5.56 Å². The summed E-state index contributed by atoms with van der Waals surface area (Å²) in [6.45, 7) is 3.78. The normalized spacial score (nSPS) is 21.0. The van der Waals surface area contributed by atoms with Crippen molar-refractivity contribution >= 4 is 16.8 Å². The van der Waals surface area contributed by atoms with E-state index in [1.165, 1.54) is 10.9 Å². The molecule has 0 aliphatic carbocycles. The molecule has 3 aromatic rings. The van der Waals surface area contributed by atoms with Gasteiger partial charge in [-0.05, 0) is 43.0 Å². The van der Waals surface area contributed by atoms with Gasteiger partial charge < -0.3 is 19.8 Å². The van der Waals surface area contributed by atoms with E-state index >= 15 is 0 Å². The van der Waals surface area contributed by atoms with Gasteiger partial charge in [-0.3, -0.25) is 9.59 Å². The van der Waals surface area contributed by atoms with E-state index in [0.717, 1.165) is 23.9 Å². The topological polar surface area (TPSA) is 70.1 Å². The van der Waals surface area contributed by atoms with Gasteiger partial charge in [-0.1, -0.05) is 18.2 Å². The molecule has 144 valence electrons. The summed E-state index contributed by atoms with van der Waals surface area (Å²) in [6, 6.07) is 10.8. The van der Waals surface area contributed by atoms with Crippen LogP contribution in [0.2, 0.25) is 0 Å². The number of aryl methyl sites for hydroxylation is 3. The molecule has 2 aromatic heterocycles. The lowest BCUT2D eigenvalue weighted by molar-refractivity contribution is 0.0471. The maximum atomic E-state index is 13.1. The molecule has 1 aromatic carbocycles. The summed E-state index contributed by atoms with van der Waals surface area (Å²) in [5.41, 5.74) is 3.17. The Hall–Kier alpha value is -2.86. The van der Waals surface area contributed by atoms with Crippen molar-refractivity contribution in [3.8, 4) is 0 Å². The number of aromatic amines is 1. The average molecular weight is 376 g/mol. The van der Waals surface area contributed by atoms with E-state index in [9.17, 15) is 9.59 Å². The van der Waals surface area contributed by atoms with E-state index < -0.39 is 0 Å². The van der Waals surface area contributed by atoms with Gasteiger partial charge in [0.25, 0.3) is 11.5 Å². The Bertz CT molecular complexity index is 1100. The molecule has 6 nitrogen and oxygen atoms in total. The summed E-state index contributed by atoms with van der Waals surface area (Å²) in [4.78, 5) is 31.2. The number of nitrogens with zero attached hydrogens (tertiary/aromatic N) is 2. The van der Waals surface area contributed by atoms with Gasteiger partial charge in [-0.25, -0.2) is 0 Å². The minimum absolute atomic E-state index is 0.125. The molecule has 5 heterocycles. The Morgan fingerprint density at radius 3 is 2.71 bits per heavy atom. The predicted octanol–water partition coefficient (Wildman–Crippen LogP) is 2.07. The van der Waals surface area contributed by atoms with Crippen molar-refractivity contribution in [2.24, 2.45) is 0 Å². The van der Waals surface area contributed by atoms with Crippen molar-refractivity contribution in [1.29, 1.82) is 0 Å². The van der Waals surface area contributed by atoms with Crippen LogP contribution in [0.4, 0.5) is 0 Å². The number of para-hydroxylation sites is 1. The largest absolute Gasteiger partial charge is 0.361 e. The lowest BCUT2D eigenvalue weighted by Crippen LogP contribution is -2.67. The van der Waals surface area contributed by atoms with E-state index in [4.69, 9.17) is 0 Å². The molecule has 3 aliphatic rings. The first-order valence-corrected chi connectivity index (χ1v) is 9.90. The van der Waals surface area contributed by atoms with E-state index in [0.29, 0.717) is 37.3 Å². The summed E-state index contributed by atoms with van der Waals surface area (Å²) in [5, 5.41) is 4.61. The van der Waals surface area contributed by atoms with Crippen LogP contribution in [0.5, 0.6) is 0 Å². The van der Waals surface area contributed by atoms with Crippen LogP contribution in [-0.2, 0) is 13.0 Å². The molecule has 3 fully saturated rings. The van der Waals surface area contributed by atoms with Crippen LogP contribution < -0.4 is 10.9 Å². The minimum atomic E-state index is -0.183. The molecular weight excluding hydrogens is 352 g/mol. The Kier molecular flexibility index (Phi) is 4.09. The van der Waals surface area contributed by atoms with Crippen molar-refractivity contribution in [1.82, 2.24) is 19.8 Å². The summed E-state index contributed by atoms with van der Waals surface area (Å²) < 4.78 is 1.67. The molecule has 2 unspecified atom stereocenters. The summed E-state index contributed by atoms with van der Waals surface area (Å²) in [5.74, 6) is -0.125. The third-order valence-corrected chi connectivity index (χ3v) is 6.09. The monoisotopic (exact) mass is 376 g/mol. The highest BCUT2D eigenvalue weighted by molar-refractivity contribution is 5.95. The Morgan fingerprint density at radius 1 is 1.18 bits per heavy atom.